The van der Waals surface area contributed by atoms with Gasteiger partial charge in [0.25, 0.3) is 0 Å². The van der Waals surface area contributed by atoms with Crippen LogP contribution in [0.5, 0.6) is 0 Å². The Morgan fingerprint density at radius 2 is 1.90 bits per heavy atom. The second-order valence-corrected chi connectivity index (χ2v) is 5.74. The van der Waals surface area contributed by atoms with Crippen molar-refractivity contribution in [2.75, 3.05) is 18.1 Å². The summed E-state index contributed by atoms with van der Waals surface area (Å²) >= 11 is 0. The Bertz CT molecular complexity index is 683. The molecule has 0 aromatic heterocycles. The molecule has 0 aliphatic carbocycles. The molecule has 1 saturated heterocycles. The van der Waals surface area contributed by atoms with Crippen LogP contribution in [0.15, 0.2) is 36.4 Å². The van der Waals surface area contributed by atoms with Gasteiger partial charge >= 0.3 is 0 Å². The molecule has 4 heteroatoms. The molecule has 0 radical (unpaired) electrons. The standard InChI is InChI=1S/C17H21N3O/c1-11-10-21-12(2)9-20(11)16-8-7-15(17(18)19)13-5-3-4-6-14(13)16/h3-8,11-12H,9-10H2,1-2H3,(H3,18,19). The van der Waals surface area contributed by atoms with Gasteiger partial charge in [-0.25, -0.2) is 0 Å². The van der Waals surface area contributed by atoms with E-state index in [9.17, 15) is 0 Å². The molecule has 2 unspecified atom stereocenters. The van der Waals surface area contributed by atoms with Crippen LogP contribution in [0, 0.1) is 5.41 Å². The summed E-state index contributed by atoms with van der Waals surface area (Å²) in [5, 5.41) is 9.93. The molecule has 110 valence electrons. The highest BCUT2D eigenvalue weighted by molar-refractivity contribution is 6.10. The fourth-order valence-electron chi connectivity index (χ4n) is 3.01. The molecule has 3 N–H and O–H groups in total. The first-order valence-electron chi connectivity index (χ1n) is 7.32. The number of nitrogens with zero attached hydrogens (tertiary/aromatic N) is 1. The van der Waals surface area contributed by atoms with E-state index < -0.39 is 0 Å². The monoisotopic (exact) mass is 283 g/mol. The van der Waals surface area contributed by atoms with Gasteiger partial charge in [-0.3, -0.25) is 5.41 Å². The van der Waals surface area contributed by atoms with Crippen LogP contribution < -0.4 is 10.6 Å². The van der Waals surface area contributed by atoms with Crippen molar-refractivity contribution in [3.8, 4) is 0 Å². The molecule has 1 aliphatic rings. The minimum atomic E-state index is 0.112. The highest BCUT2D eigenvalue weighted by Crippen LogP contribution is 2.32. The fraction of sp³-hybridized carbons (Fsp3) is 0.353. The van der Waals surface area contributed by atoms with Gasteiger partial charge in [-0.05, 0) is 31.4 Å². The third kappa shape index (κ3) is 2.47. The highest BCUT2D eigenvalue weighted by Gasteiger charge is 2.25. The predicted octanol–water partition coefficient (Wildman–Crippen LogP) is 2.74. The van der Waals surface area contributed by atoms with Crippen LogP contribution in [0.3, 0.4) is 0 Å². The van der Waals surface area contributed by atoms with Crippen molar-refractivity contribution in [2.24, 2.45) is 5.73 Å². The number of nitrogen functional groups attached to an aromatic ring is 1. The maximum Gasteiger partial charge on any atom is 0.123 e. The van der Waals surface area contributed by atoms with Crippen LogP contribution >= 0.6 is 0 Å². The van der Waals surface area contributed by atoms with Crippen LogP contribution in [0.4, 0.5) is 5.69 Å². The van der Waals surface area contributed by atoms with Crippen LogP contribution in [0.25, 0.3) is 10.8 Å². The highest BCUT2D eigenvalue weighted by atomic mass is 16.5. The molecular formula is C17H21N3O. The average molecular weight is 283 g/mol. The lowest BCUT2D eigenvalue weighted by Crippen LogP contribution is -2.47. The third-order valence-electron chi connectivity index (χ3n) is 4.11. The summed E-state index contributed by atoms with van der Waals surface area (Å²) in [4.78, 5) is 2.39. The molecule has 1 aliphatic heterocycles. The largest absolute Gasteiger partial charge is 0.384 e. The molecule has 3 rings (SSSR count). The van der Waals surface area contributed by atoms with E-state index in [1.54, 1.807) is 0 Å². The molecular weight excluding hydrogens is 262 g/mol. The predicted molar refractivity (Wildman–Crippen MR) is 87.2 cm³/mol. The number of hydrogen-bond donors (Lipinski definition) is 2. The molecule has 2 aromatic rings. The van der Waals surface area contributed by atoms with Crippen LogP contribution in [0.2, 0.25) is 0 Å². The normalized spacial score (nSPS) is 22.5. The second-order valence-electron chi connectivity index (χ2n) is 5.74. The number of nitrogens with two attached hydrogens (primary N) is 1. The van der Waals surface area contributed by atoms with Gasteiger partial charge < -0.3 is 15.4 Å². The first-order valence-corrected chi connectivity index (χ1v) is 7.32. The minimum Gasteiger partial charge on any atom is -0.384 e. The van der Waals surface area contributed by atoms with Crippen molar-refractivity contribution in [1.82, 2.24) is 0 Å². The number of hydrogen-bond acceptors (Lipinski definition) is 3. The molecule has 0 bridgehead atoms. The Labute approximate surface area is 125 Å². The quantitative estimate of drug-likeness (QED) is 0.658. The van der Waals surface area contributed by atoms with Crippen LogP contribution in [-0.4, -0.2) is 31.1 Å². The summed E-state index contributed by atoms with van der Waals surface area (Å²) in [5.74, 6) is 0.112. The summed E-state index contributed by atoms with van der Waals surface area (Å²) in [6.07, 6.45) is 0.229. The SMILES string of the molecule is CC1CN(c2ccc(C(=N)N)c3ccccc23)C(C)CO1. The van der Waals surface area contributed by atoms with Gasteiger partial charge in [0.2, 0.25) is 0 Å². The van der Waals surface area contributed by atoms with E-state index in [1.165, 1.54) is 5.69 Å². The molecule has 0 saturated carbocycles. The van der Waals surface area contributed by atoms with Gasteiger partial charge in [0.1, 0.15) is 5.84 Å². The Morgan fingerprint density at radius 3 is 2.62 bits per heavy atom. The summed E-state index contributed by atoms with van der Waals surface area (Å²) in [6, 6.07) is 12.5. The first kappa shape index (κ1) is 13.9. The van der Waals surface area contributed by atoms with E-state index in [0.717, 1.165) is 29.5 Å². The third-order valence-corrected chi connectivity index (χ3v) is 4.11. The number of benzene rings is 2. The number of fused-ring (bicyclic) bond motifs is 1. The van der Waals surface area contributed by atoms with Crippen LogP contribution in [-0.2, 0) is 4.74 Å². The Balaban J connectivity index is 2.15. The van der Waals surface area contributed by atoms with E-state index in [2.05, 4.69) is 30.9 Å². The van der Waals surface area contributed by atoms with Gasteiger partial charge in [0, 0.05) is 29.2 Å². The molecule has 1 heterocycles. The van der Waals surface area contributed by atoms with Gasteiger partial charge in [-0.15, -0.1) is 0 Å². The Morgan fingerprint density at radius 1 is 1.19 bits per heavy atom. The van der Waals surface area contributed by atoms with E-state index in [4.69, 9.17) is 15.9 Å². The first-order chi connectivity index (χ1) is 10.1. The maximum absolute atomic E-state index is 7.75. The lowest BCUT2D eigenvalue weighted by atomic mass is 10.00. The van der Waals surface area contributed by atoms with Gasteiger partial charge in [-0.1, -0.05) is 24.3 Å². The number of anilines is 1. The molecule has 1 fully saturated rings. The number of ether oxygens (including phenoxy) is 1. The van der Waals surface area contributed by atoms with Crippen molar-refractivity contribution in [3.05, 3.63) is 42.0 Å². The number of nitrogens with one attached hydrogen (secondary N) is 1. The summed E-state index contributed by atoms with van der Waals surface area (Å²) in [6.45, 7) is 5.90. The summed E-state index contributed by atoms with van der Waals surface area (Å²) in [5.41, 5.74) is 7.69. The van der Waals surface area contributed by atoms with Crippen molar-refractivity contribution < 1.29 is 4.74 Å². The number of morpholine rings is 1. The van der Waals surface area contributed by atoms with Crippen LogP contribution in [0.1, 0.15) is 19.4 Å². The van der Waals surface area contributed by atoms with Crippen molar-refractivity contribution in [2.45, 2.75) is 26.0 Å². The molecule has 0 spiro atoms. The van der Waals surface area contributed by atoms with Gasteiger partial charge in [-0.2, -0.15) is 0 Å². The number of amidine groups is 1. The van der Waals surface area contributed by atoms with E-state index >= 15 is 0 Å². The van der Waals surface area contributed by atoms with Gasteiger partial charge in [0.15, 0.2) is 0 Å². The fourth-order valence-corrected chi connectivity index (χ4v) is 3.01. The minimum absolute atomic E-state index is 0.112. The lowest BCUT2D eigenvalue weighted by Gasteiger charge is -2.39. The maximum atomic E-state index is 7.75. The summed E-state index contributed by atoms with van der Waals surface area (Å²) in [7, 11) is 0. The smallest absolute Gasteiger partial charge is 0.123 e. The zero-order valence-electron chi connectivity index (χ0n) is 12.5. The Hall–Kier alpha value is -2.07. The zero-order valence-corrected chi connectivity index (χ0v) is 12.5. The zero-order chi connectivity index (χ0) is 15.0. The molecule has 2 atom stereocenters. The molecule has 21 heavy (non-hydrogen) atoms. The second kappa shape index (κ2) is 5.37. The van der Waals surface area contributed by atoms with E-state index in [-0.39, 0.29) is 11.9 Å². The van der Waals surface area contributed by atoms with Crippen molar-refractivity contribution in [1.29, 1.82) is 5.41 Å². The molecule has 4 nitrogen and oxygen atoms in total. The number of rotatable bonds is 2. The van der Waals surface area contributed by atoms with Gasteiger partial charge in [0.05, 0.1) is 12.7 Å². The lowest BCUT2D eigenvalue weighted by molar-refractivity contribution is 0.0345. The van der Waals surface area contributed by atoms with Crippen molar-refractivity contribution >= 4 is 22.3 Å². The Kier molecular flexibility index (Phi) is 3.55. The molecule has 2 aromatic carbocycles. The topological polar surface area (TPSA) is 62.3 Å². The summed E-state index contributed by atoms with van der Waals surface area (Å²) < 4.78 is 5.72. The van der Waals surface area contributed by atoms with E-state index in [1.807, 2.05) is 24.3 Å². The van der Waals surface area contributed by atoms with E-state index in [0.29, 0.717) is 6.04 Å². The molecule has 0 amide bonds. The average Bonchev–Trinajstić information content (AvgIpc) is 2.48. The van der Waals surface area contributed by atoms with Crippen molar-refractivity contribution in [3.63, 3.8) is 0 Å².